The molecule has 0 amide bonds. The molecule has 0 spiro atoms. The molecular weight excluding hydrogens is 304 g/mol. The first-order valence-corrected chi connectivity index (χ1v) is 6.90. The van der Waals surface area contributed by atoms with Gasteiger partial charge < -0.3 is 4.74 Å². The van der Waals surface area contributed by atoms with Gasteiger partial charge in [0.15, 0.2) is 5.78 Å². The van der Waals surface area contributed by atoms with Gasteiger partial charge in [0.05, 0.1) is 11.6 Å². The molecule has 0 bridgehead atoms. The molecule has 0 fully saturated rings. The number of carbonyl (C=O) groups is 1. The highest BCUT2D eigenvalue weighted by atomic mass is 79.9. The molecule has 0 aliphatic carbocycles. The highest BCUT2D eigenvalue weighted by Crippen LogP contribution is 2.26. The fraction of sp³-hybridized carbons (Fsp3) is 0.188. The van der Waals surface area contributed by atoms with Crippen LogP contribution in [0.5, 0.6) is 5.75 Å². The molecule has 0 unspecified atom stereocenters. The highest BCUT2D eigenvalue weighted by Gasteiger charge is 2.09. The third-order valence-corrected chi connectivity index (χ3v) is 3.61. The van der Waals surface area contributed by atoms with Crippen molar-refractivity contribution in [1.29, 1.82) is 0 Å². The van der Waals surface area contributed by atoms with Crippen molar-refractivity contribution in [3.63, 3.8) is 0 Å². The maximum Gasteiger partial charge on any atom is 0.163 e. The zero-order valence-corrected chi connectivity index (χ0v) is 12.3. The van der Waals surface area contributed by atoms with Crippen molar-refractivity contribution < 1.29 is 9.53 Å². The van der Waals surface area contributed by atoms with Crippen LogP contribution in [0.4, 0.5) is 0 Å². The molecule has 0 aliphatic heterocycles. The summed E-state index contributed by atoms with van der Waals surface area (Å²) < 4.78 is 6.06. The number of ether oxygens (including phenoxy) is 1. The average molecular weight is 319 g/mol. The van der Waals surface area contributed by atoms with Gasteiger partial charge in [-0.15, -0.1) is 0 Å². The van der Waals surface area contributed by atoms with Gasteiger partial charge in [0.25, 0.3) is 0 Å². The van der Waals surface area contributed by atoms with Crippen molar-refractivity contribution in [1.82, 2.24) is 0 Å². The lowest BCUT2D eigenvalue weighted by Crippen LogP contribution is -2.01. The van der Waals surface area contributed by atoms with Crippen molar-refractivity contribution in [2.75, 3.05) is 7.11 Å². The number of aryl methyl sites for hydroxylation is 1. The summed E-state index contributed by atoms with van der Waals surface area (Å²) in [5.74, 6) is 0.820. The molecule has 0 N–H and O–H groups in total. The Balaban J connectivity index is 2.04. The second-order valence-corrected chi connectivity index (χ2v) is 5.11. The molecule has 0 radical (unpaired) electrons. The van der Waals surface area contributed by atoms with E-state index in [-0.39, 0.29) is 5.78 Å². The van der Waals surface area contributed by atoms with Crippen LogP contribution in [-0.2, 0) is 6.42 Å². The van der Waals surface area contributed by atoms with E-state index in [9.17, 15) is 4.79 Å². The van der Waals surface area contributed by atoms with Gasteiger partial charge in [-0.3, -0.25) is 4.79 Å². The summed E-state index contributed by atoms with van der Waals surface area (Å²) in [6, 6.07) is 15.5. The normalized spacial score (nSPS) is 10.2. The van der Waals surface area contributed by atoms with E-state index >= 15 is 0 Å². The van der Waals surface area contributed by atoms with Crippen molar-refractivity contribution in [3.05, 3.63) is 64.1 Å². The van der Waals surface area contributed by atoms with Crippen LogP contribution in [0.25, 0.3) is 0 Å². The Bertz CT molecular complexity index is 564. The smallest absolute Gasteiger partial charge is 0.163 e. The largest absolute Gasteiger partial charge is 0.496 e. The number of benzene rings is 2. The van der Waals surface area contributed by atoms with E-state index in [4.69, 9.17) is 4.74 Å². The summed E-state index contributed by atoms with van der Waals surface area (Å²) >= 11 is 3.38. The minimum Gasteiger partial charge on any atom is -0.496 e. The first-order valence-electron chi connectivity index (χ1n) is 6.11. The average Bonchev–Trinajstić information content (AvgIpc) is 2.46. The van der Waals surface area contributed by atoms with Crippen molar-refractivity contribution in [2.45, 2.75) is 12.8 Å². The third-order valence-electron chi connectivity index (χ3n) is 2.96. The molecule has 0 aromatic heterocycles. The van der Waals surface area contributed by atoms with Gasteiger partial charge in [-0.2, -0.15) is 0 Å². The van der Waals surface area contributed by atoms with E-state index in [1.165, 1.54) is 5.56 Å². The van der Waals surface area contributed by atoms with E-state index in [0.29, 0.717) is 17.7 Å². The highest BCUT2D eigenvalue weighted by molar-refractivity contribution is 9.10. The second kappa shape index (κ2) is 6.53. The van der Waals surface area contributed by atoms with Crippen molar-refractivity contribution >= 4 is 21.7 Å². The van der Waals surface area contributed by atoms with Gasteiger partial charge in [0.2, 0.25) is 0 Å². The van der Waals surface area contributed by atoms with Gasteiger partial charge in [-0.1, -0.05) is 36.4 Å². The molecule has 19 heavy (non-hydrogen) atoms. The lowest BCUT2D eigenvalue weighted by Gasteiger charge is -2.06. The minimum absolute atomic E-state index is 0.134. The van der Waals surface area contributed by atoms with Crippen molar-refractivity contribution in [3.8, 4) is 5.75 Å². The molecule has 2 nitrogen and oxygen atoms in total. The Kier molecular flexibility index (Phi) is 4.74. The molecule has 3 heteroatoms. The predicted molar refractivity (Wildman–Crippen MR) is 79.8 cm³/mol. The molecule has 0 atom stereocenters. The number of hydrogen-bond acceptors (Lipinski definition) is 2. The van der Waals surface area contributed by atoms with E-state index < -0.39 is 0 Å². The van der Waals surface area contributed by atoms with Crippen molar-refractivity contribution in [2.24, 2.45) is 0 Å². The number of carbonyl (C=O) groups excluding carboxylic acids is 1. The van der Waals surface area contributed by atoms with Crippen LogP contribution in [0.3, 0.4) is 0 Å². The fourth-order valence-electron chi connectivity index (χ4n) is 1.88. The molecule has 2 aromatic rings. The summed E-state index contributed by atoms with van der Waals surface area (Å²) in [6.07, 6.45) is 1.27. The van der Waals surface area contributed by atoms with Crippen LogP contribution in [-0.4, -0.2) is 12.9 Å². The Labute approximate surface area is 121 Å². The van der Waals surface area contributed by atoms with Gasteiger partial charge >= 0.3 is 0 Å². The van der Waals surface area contributed by atoms with Crippen LogP contribution in [0.1, 0.15) is 22.3 Å². The molecule has 2 aromatic carbocycles. The lowest BCUT2D eigenvalue weighted by atomic mass is 10.0. The summed E-state index contributed by atoms with van der Waals surface area (Å²) in [5, 5.41) is 0. The number of Topliss-reactive ketones (excluding diaryl/α,β-unsaturated/α-hetero) is 1. The first-order chi connectivity index (χ1) is 9.20. The van der Waals surface area contributed by atoms with Gasteiger partial charge in [-0.25, -0.2) is 0 Å². The zero-order valence-electron chi connectivity index (χ0n) is 10.7. The number of hydrogen-bond donors (Lipinski definition) is 0. The number of ketones is 1. The summed E-state index contributed by atoms with van der Waals surface area (Å²) in [5.41, 5.74) is 1.87. The predicted octanol–water partition coefficient (Wildman–Crippen LogP) is 4.27. The minimum atomic E-state index is 0.134. The van der Waals surface area contributed by atoms with E-state index in [2.05, 4.69) is 15.9 Å². The SMILES string of the molecule is COc1cc(C(=O)CCc2ccccc2)ccc1Br. The first kappa shape index (κ1) is 13.8. The number of methoxy groups -OCH3 is 1. The monoisotopic (exact) mass is 318 g/mol. The maximum absolute atomic E-state index is 12.1. The Morgan fingerprint density at radius 1 is 1.16 bits per heavy atom. The quantitative estimate of drug-likeness (QED) is 0.769. The zero-order chi connectivity index (χ0) is 13.7. The lowest BCUT2D eigenvalue weighted by molar-refractivity contribution is 0.0982. The number of rotatable bonds is 5. The summed E-state index contributed by atoms with van der Waals surface area (Å²) in [4.78, 5) is 12.1. The van der Waals surface area contributed by atoms with Gasteiger partial charge in [0, 0.05) is 12.0 Å². The second-order valence-electron chi connectivity index (χ2n) is 4.26. The molecule has 0 aliphatic rings. The molecule has 0 heterocycles. The molecule has 98 valence electrons. The van der Waals surface area contributed by atoms with Crippen LogP contribution in [0.15, 0.2) is 53.0 Å². The van der Waals surface area contributed by atoms with E-state index in [0.717, 1.165) is 10.9 Å². The Morgan fingerprint density at radius 3 is 2.58 bits per heavy atom. The number of halogens is 1. The van der Waals surface area contributed by atoms with Crippen LogP contribution in [0, 0.1) is 0 Å². The third kappa shape index (κ3) is 3.67. The Morgan fingerprint density at radius 2 is 1.89 bits per heavy atom. The van der Waals surface area contributed by atoms with Crippen LogP contribution in [0.2, 0.25) is 0 Å². The molecular formula is C16H15BrO2. The van der Waals surface area contributed by atoms with E-state index in [1.54, 1.807) is 13.2 Å². The molecule has 0 saturated carbocycles. The standard InChI is InChI=1S/C16H15BrO2/c1-19-16-11-13(8-9-14(16)17)15(18)10-7-12-5-3-2-4-6-12/h2-6,8-9,11H,7,10H2,1H3. The molecule has 2 rings (SSSR count). The Hall–Kier alpha value is -1.61. The topological polar surface area (TPSA) is 26.3 Å². The summed E-state index contributed by atoms with van der Waals surface area (Å²) in [6.45, 7) is 0. The fourth-order valence-corrected chi connectivity index (χ4v) is 2.29. The van der Waals surface area contributed by atoms with Crippen LogP contribution < -0.4 is 4.74 Å². The van der Waals surface area contributed by atoms with Crippen LogP contribution >= 0.6 is 15.9 Å². The summed E-state index contributed by atoms with van der Waals surface area (Å²) in [7, 11) is 1.60. The maximum atomic E-state index is 12.1. The van der Waals surface area contributed by atoms with Gasteiger partial charge in [-0.05, 0) is 40.0 Å². The van der Waals surface area contributed by atoms with Gasteiger partial charge in [0.1, 0.15) is 5.75 Å². The molecule has 0 saturated heterocycles. The van der Waals surface area contributed by atoms with E-state index in [1.807, 2.05) is 42.5 Å².